The molecule has 476 valence electrons. The maximum atomic E-state index is 14.3. The van der Waals surface area contributed by atoms with Gasteiger partial charge in [0.2, 0.25) is 70.9 Å². The zero-order valence-corrected chi connectivity index (χ0v) is 50.1. The Morgan fingerprint density at radius 1 is 0.588 bits per heavy atom. The van der Waals surface area contributed by atoms with E-state index < -0.39 is 150 Å². The van der Waals surface area contributed by atoms with Gasteiger partial charge in [0.25, 0.3) is 0 Å². The van der Waals surface area contributed by atoms with Crippen molar-refractivity contribution in [1.82, 2.24) is 63.1 Å². The number of amides is 12. The van der Waals surface area contributed by atoms with Crippen LogP contribution in [-0.4, -0.2) is 177 Å². The monoisotopic (exact) mass is 1220 g/mol. The maximum absolute atomic E-state index is 14.3. The summed E-state index contributed by atoms with van der Waals surface area (Å²) < 4.78 is 0. The number of imidazole rings is 1. The lowest BCUT2D eigenvalue weighted by Crippen LogP contribution is -2.60. The zero-order valence-electron chi connectivity index (χ0n) is 49.3. The third-order valence-electron chi connectivity index (χ3n) is 13.1. The van der Waals surface area contributed by atoms with Gasteiger partial charge >= 0.3 is 5.97 Å². The molecule has 31 nitrogen and oxygen atoms in total. The zero-order chi connectivity index (χ0) is 63.8. The molecule has 0 spiro atoms. The van der Waals surface area contributed by atoms with E-state index in [1.165, 1.54) is 31.2 Å². The van der Waals surface area contributed by atoms with E-state index in [1.807, 2.05) is 13.8 Å². The van der Waals surface area contributed by atoms with E-state index in [-0.39, 0.29) is 88.7 Å². The average molecular weight is 1220 g/mol. The third kappa shape index (κ3) is 29.8. The number of H-pyrrole nitrogens is 1. The summed E-state index contributed by atoms with van der Waals surface area (Å²) in [5, 5.41) is 35.5. The van der Waals surface area contributed by atoms with Crippen molar-refractivity contribution in [2.45, 2.75) is 192 Å². The number of carboxylic acids is 1. The first-order valence-electron chi connectivity index (χ1n) is 28.4. The fraction of sp³-hybridized carbons (Fsp3) is 0.679. The molecule has 12 amide bonds. The number of carboxylic acid groups (broad SMARTS) is 1. The van der Waals surface area contributed by atoms with Crippen LogP contribution in [0, 0.1) is 11.8 Å². The fourth-order valence-electron chi connectivity index (χ4n) is 8.69. The average Bonchev–Trinajstić information content (AvgIpc) is 4.10. The lowest BCUT2D eigenvalue weighted by atomic mass is 10.0. The van der Waals surface area contributed by atoms with E-state index >= 15 is 0 Å². The van der Waals surface area contributed by atoms with Crippen molar-refractivity contribution in [1.29, 1.82) is 0 Å². The van der Waals surface area contributed by atoms with Gasteiger partial charge in [-0.2, -0.15) is 11.8 Å². The summed E-state index contributed by atoms with van der Waals surface area (Å²) in [5.74, 6) is -12.0. The molecule has 32 heteroatoms. The van der Waals surface area contributed by atoms with Gasteiger partial charge in [0, 0.05) is 50.7 Å². The van der Waals surface area contributed by atoms with Gasteiger partial charge in [-0.15, -0.1) is 0 Å². The topological polar surface area (TPSA) is 508 Å². The van der Waals surface area contributed by atoms with Crippen molar-refractivity contribution < 1.29 is 67.4 Å². The van der Waals surface area contributed by atoms with Crippen LogP contribution in [0.15, 0.2) is 17.5 Å². The van der Waals surface area contributed by atoms with Crippen LogP contribution in [0.25, 0.3) is 0 Å². The van der Waals surface area contributed by atoms with Crippen molar-refractivity contribution in [2.24, 2.45) is 39.8 Å². The van der Waals surface area contributed by atoms with Crippen LogP contribution in [0.2, 0.25) is 0 Å². The van der Waals surface area contributed by atoms with Gasteiger partial charge in [0.1, 0.15) is 54.4 Å². The largest absolute Gasteiger partial charge is 0.481 e. The SMILES string of the molecule is CSCC[C@@H]1NC(=O)[C@H](CCCN=C(N)N)NC(=O)[C@H](CCC(=O)O)NC(=O)[C@H](CCC(N)=O)NC(=O)CCCCCCNC(=O)[C@H](CC(C)C)NC(=O)[C@H](CC(N)=O)NC(=O)[C@H](Cc2cnc[nH]2)NC(=O)[C@H](CC(C)C)NC(=O)[C@H](C)NC1=O. The molecule has 2 rings (SSSR count). The third-order valence-corrected chi connectivity index (χ3v) is 13.8. The van der Waals surface area contributed by atoms with Crippen LogP contribution in [0.3, 0.4) is 0 Å². The van der Waals surface area contributed by atoms with Gasteiger partial charge in [-0.3, -0.25) is 67.3 Å². The second-order valence-electron chi connectivity index (χ2n) is 21.6. The molecule has 85 heavy (non-hydrogen) atoms. The lowest BCUT2D eigenvalue weighted by Gasteiger charge is -2.28. The van der Waals surface area contributed by atoms with Gasteiger partial charge in [-0.05, 0) is 88.6 Å². The summed E-state index contributed by atoms with van der Waals surface area (Å²) in [6, 6.07) is -12.9. The minimum Gasteiger partial charge on any atom is -0.481 e. The Morgan fingerprint density at radius 3 is 1.62 bits per heavy atom. The number of nitrogens with two attached hydrogens (primary N) is 4. The number of aliphatic carboxylic acids is 1. The van der Waals surface area contributed by atoms with E-state index in [0.717, 1.165) is 0 Å². The molecule has 0 saturated carbocycles. The molecule has 0 aromatic carbocycles. The molecule has 1 saturated heterocycles. The molecule has 1 fully saturated rings. The van der Waals surface area contributed by atoms with Gasteiger partial charge in [0.05, 0.1) is 12.7 Å². The molecular formula is C53H89N17O14S. The molecule has 20 N–H and O–H groups in total. The molecule has 0 aliphatic carbocycles. The maximum Gasteiger partial charge on any atom is 0.303 e. The highest BCUT2D eigenvalue weighted by Crippen LogP contribution is 2.13. The van der Waals surface area contributed by atoms with Crippen molar-refractivity contribution in [3.63, 3.8) is 0 Å². The number of hydrogen-bond donors (Lipinski definition) is 16. The minimum absolute atomic E-state index is 0.00850. The normalized spacial score (nSPS) is 24.0. The minimum atomic E-state index is -1.64. The first kappa shape index (κ1) is 73.0. The first-order chi connectivity index (χ1) is 40.1. The van der Waals surface area contributed by atoms with Crippen molar-refractivity contribution in [3.05, 3.63) is 18.2 Å². The number of carbonyl (C=O) groups excluding carboxylic acids is 12. The van der Waals surface area contributed by atoms with Crippen LogP contribution in [-0.2, 0) is 68.7 Å². The van der Waals surface area contributed by atoms with Gasteiger partial charge < -0.3 is 86.2 Å². The quantitative estimate of drug-likeness (QED) is 0.0320. The Balaban J connectivity index is 2.70. The summed E-state index contributed by atoms with van der Waals surface area (Å²) in [5.41, 5.74) is 22.3. The molecule has 1 aliphatic heterocycles. The van der Waals surface area contributed by atoms with E-state index in [9.17, 15) is 67.4 Å². The van der Waals surface area contributed by atoms with E-state index in [2.05, 4.69) is 68.1 Å². The highest BCUT2D eigenvalue weighted by molar-refractivity contribution is 7.98. The summed E-state index contributed by atoms with van der Waals surface area (Å²) >= 11 is 1.32. The fourth-order valence-corrected chi connectivity index (χ4v) is 9.16. The number of primary amides is 2. The molecule has 1 aromatic heterocycles. The molecule has 0 radical (unpaired) electrons. The Bertz CT molecular complexity index is 2460. The number of thioether (sulfide) groups is 1. The van der Waals surface area contributed by atoms with Crippen molar-refractivity contribution >= 4 is 94.6 Å². The number of aromatic nitrogens is 2. The Labute approximate surface area is 498 Å². The summed E-state index contributed by atoms with van der Waals surface area (Å²) in [6.07, 6.45) is 3.34. The van der Waals surface area contributed by atoms with Gasteiger partial charge in [-0.25, -0.2) is 4.98 Å². The van der Waals surface area contributed by atoms with Crippen molar-refractivity contribution in [3.8, 4) is 0 Å². The standard InChI is InChI=1S/C53H89N17O14S/c1-28(2)22-36-45(77)59-19-10-8-7-9-13-42(73)63-33(14-16-40(54)71)48(80)65-34(15-17-43(74)75)49(81)64-32(12-11-20-60-53(56)57)47(79)66-35(18-21-85-6)46(78)62-30(5)44(76)67-37(23-29(3)4)50(82)69-38(24-31-26-58-27-61-31)51(83)70-39(25-41(55)72)52(84)68-36/h26-30,32-39H,7-25H2,1-6H3,(H2,54,71)(H2,55,72)(H,58,61)(H,59,77)(H,62,78)(H,63,73)(H,64,81)(H,65,80)(H,66,79)(H,67,76)(H,68,84)(H,69,82)(H,70,83)(H,74,75)(H4,56,57,60)/t30-,32-,33-,34-,35-,36-,37-,38-,39-/m0/s1. The van der Waals surface area contributed by atoms with Gasteiger partial charge in [-0.1, -0.05) is 40.5 Å². The van der Waals surface area contributed by atoms with E-state index in [1.54, 1.807) is 20.1 Å². The van der Waals surface area contributed by atoms with E-state index in [0.29, 0.717) is 37.1 Å². The molecule has 0 bridgehead atoms. The van der Waals surface area contributed by atoms with Crippen LogP contribution in [0.1, 0.15) is 137 Å². The number of rotatable bonds is 21. The number of carbonyl (C=O) groups is 13. The number of nitrogens with zero attached hydrogens (tertiary/aromatic N) is 2. The van der Waals surface area contributed by atoms with Crippen molar-refractivity contribution in [2.75, 3.05) is 25.1 Å². The number of aromatic amines is 1. The Hall–Kier alpha value is -8.06. The lowest BCUT2D eigenvalue weighted by molar-refractivity contribution is -0.139. The molecule has 1 aromatic rings. The predicted molar refractivity (Wildman–Crippen MR) is 312 cm³/mol. The molecule has 2 heterocycles. The molecule has 0 unspecified atom stereocenters. The van der Waals surface area contributed by atoms with Crippen LogP contribution >= 0.6 is 11.8 Å². The highest BCUT2D eigenvalue weighted by Gasteiger charge is 2.36. The number of nitrogens with one attached hydrogen (secondary N) is 11. The second-order valence-corrected chi connectivity index (χ2v) is 22.6. The highest BCUT2D eigenvalue weighted by atomic mass is 32.2. The van der Waals surface area contributed by atoms with Gasteiger partial charge in [0.15, 0.2) is 5.96 Å². The van der Waals surface area contributed by atoms with Crippen LogP contribution in [0.5, 0.6) is 0 Å². The van der Waals surface area contributed by atoms with Crippen LogP contribution < -0.4 is 76.1 Å². The second kappa shape index (κ2) is 38.7. The Morgan fingerprint density at radius 2 is 1.07 bits per heavy atom. The summed E-state index contributed by atoms with van der Waals surface area (Å²) in [7, 11) is 0. The number of hydrogen-bond acceptors (Lipinski definition) is 16. The first-order valence-corrected chi connectivity index (χ1v) is 29.8. The number of aliphatic imine (C=N–C) groups is 1. The van der Waals surface area contributed by atoms with Crippen LogP contribution in [0.4, 0.5) is 0 Å². The number of guanidine groups is 1. The summed E-state index contributed by atoms with van der Waals surface area (Å²) in [6.45, 7) is 8.59. The smallest absolute Gasteiger partial charge is 0.303 e. The predicted octanol–water partition coefficient (Wildman–Crippen LogP) is -3.68. The molecular weight excluding hydrogens is 1130 g/mol. The molecule has 9 atom stereocenters. The Kier molecular flexibility index (Phi) is 33.3. The van der Waals surface area contributed by atoms with E-state index in [4.69, 9.17) is 22.9 Å². The molecule has 1 aliphatic rings. The summed E-state index contributed by atoms with van der Waals surface area (Å²) in [4.78, 5) is 186.